The van der Waals surface area contributed by atoms with Crippen molar-refractivity contribution in [2.24, 2.45) is 5.10 Å². The Hall–Kier alpha value is -1.53. The summed E-state index contributed by atoms with van der Waals surface area (Å²) in [5.41, 5.74) is 0.786. The van der Waals surface area contributed by atoms with Crippen LogP contribution in [-0.4, -0.2) is 22.0 Å². The van der Waals surface area contributed by atoms with E-state index >= 15 is 0 Å². The average molecular weight is 298 g/mol. The molecule has 0 aliphatic carbocycles. The topological polar surface area (TPSA) is 61.8 Å². The van der Waals surface area contributed by atoms with Gasteiger partial charge in [0, 0.05) is 24.4 Å². The number of hydrogen-bond acceptors (Lipinski definition) is 4. The van der Waals surface area contributed by atoms with Gasteiger partial charge in [-0.05, 0) is 6.07 Å². The highest BCUT2D eigenvalue weighted by Crippen LogP contribution is 2.41. The second kappa shape index (κ2) is 5.63. The minimum absolute atomic E-state index is 0.210. The van der Waals surface area contributed by atoms with Gasteiger partial charge in [-0.3, -0.25) is 9.59 Å². The number of amidine groups is 1. The van der Waals surface area contributed by atoms with Crippen molar-refractivity contribution in [1.82, 2.24) is 10.3 Å². The number of thioether (sulfide) groups is 1. The van der Waals surface area contributed by atoms with E-state index in [0.29, 0.717) is 10.2 Å². The van der Waals surface area contributed by atoms with E-state index in [0.717, 1.165) is 5.56 Å². The minimum atomic E-state index is -0.354. The van der Waals surface area contributed by atoms with Crippen molar-refractivity contribution in [2.45, 2.75) is 19.2 Å². The number of benzene rings is 1. The Balaban J connectivity index is 2.30. The van der Waals surface area contributed by atoms with E-state index < -0.39 is 0 Å². The zero-order chi connectivity index (χ0) is 14.0. The molecule has 0 fully saturated rings. The first-order valence-electron chi connectivity index (χ1n) is 5.56. The van der Waals surface area contributed by atoms with Crippen molar-refractivity contribution in [1.29, 1.82) is 0 Å². The number of halogens is 1. The van der Waals surface area contributed by atoms with E-state index in [4.69, 9.17) is 11.6 Å². The quantitative estimate of drug-likeness (QED) is 0.865. The van der Waals surface area contributed by atoms with Gasteiger partial charge in [-0.1, -0.05) is 41.6 Å². The van der Waals surface area contributed by atoms with Gasteiger partial charge in [0.25, 0.3) is 0 Å². The normalized spacial score (nSPS) is 18.2. The Morgan fingerprint density at radius 1 is 1.37 bits per heavy atom. The van der Waals surface area contributed by atoms with E-state index in [9.17, 15) is 9.59 Å². The molecule has 0 unspecified atom stereocenters. The van der Waals surface area contributed by atoms with Crippen LogP contribution in [0.1, 0.15) is 24.8 Å². The van der Waals surface area contributed by atoms with E-state index in [1.807, 2.05) is 18.2 Å². The van der Waals surface area contributed by atoms with Gasteiger partial charge in [0.15, 0.2) is 5.17 Å². The minimum Gasteiger partial charge on any atom is -0.304 e. The van der Waals surface area contributed by atoms with Crippen molar-refractivity contribution in [3.63, 3.8) is 0 Å². The summed E-state index contributed by atoms with van der Waals surface area (Å²) in [6, 6.07) is 7.25. The van der Waals surface area contributed by atoms with Crippen molar-refractivity contribution in [2.75, 3.05) is 0 Å². The number of hydrazone groups is 1. The fraction of sp³-hybridized carbons (Fsp3) is 0.250. The summed E-state index contributed by atoms with van der Waals surface area (Å²) in [4.78, 5) is 22.7. The molecule has 1 aliphatic heterocycles. The standard InChI is InChI=1S/C12H12ClN3O2S/c1-7(17)14-12-15-16(8(2)18)11(19-12)9-5-3-4-6-10(9)13/h3-6,11H,1-2H3,(H,14,15,17)/t11-/m1/s1. The highest BCUT2D eigenvalue weighted by atomic mass is 35.5. The fourth-order valence-corrected chi connectivity index (χ4v) is 3.12. The number of hydrogen-bond donors (Lipinski definition) is 1. The number of carbonyl (C=O) groups is 2. The molecular weight excluding hydrogens is 286 g/mol. The molecule has 0 spiro atoms. The molecule has 0 saturated carbocycles. The Kier molecular flexibility index (Phi) is 4.11. The van der Waals surface area contributed by atoms with Gasteiger partial charge >= 0.3 is 0 Å². The number of nitrogens with one attached hydrogen (secondary N) is 1. The second-order valence-electron chi connectivity index (χ2n) is 3.94. The lowest BCUT2D eigenvalue weighted by molar-refractivity contribution is -0.129. The summed E-state index contributed by atoms with van der Waals surface area (Å²) < 4.78 is 0. The van der Waals surface area contributed by atoms with Crippen LogP contribution in [-0.2, 0) is 9.59 Å². The van der Waals surface area contributed by atoms with Crippen molar-refractivity contribution >= 4 is 40.3 Å². The van der Waals surface area contributed by atoms with Crippen LogP contribution in [0.5, 0.6) is 0 Å². The molecule has 2 rings (SSSR count). The SMILES string of the molecule is CC(=O)NC1=NN(C(C)=O)[C@@H](c2ccccc2Cl)S1. The van der Waals surface area contributed by atoms with Gasteiger partial charge in [0.1, 0.15) is 5.37 Å². The summed E-state index contributed by atoms with van der Waals surface area (Å²) in [7, 11) is 0. The van der Waals surface area contributed by atoms with Crippen LogP contribution < -0.4 is 5.32 Å². The van der Waals surface area contributed by atoms with Crippen LogP contribution in [0.4, 0.5) is 0 Å². The fourth-order valence-electron chi connectivity index (χ4n) is 1.64. The van der Waals surface area contributed by atoms with E-state index in [1.165, 1.54) is 30.6 Å². The van der Waals surface area contributed by atoms with Crippen LogP contribution in [0.15, 0.2) is 29.4 Å². The van der Waals surface area contributed by atoms with Crippen molar-refractivity contribution in [3.8, 4) is 0 Å². The summed E-state index contributed by atoms with van der Waals surface area (Å²) in [5.74, 6) is -0.438. The summed E-state index contributed by atoms with van der Waals surface area (Å²) in [6.45, 7) is 2.81. The molecule has 1 N–H and O–H groups in total. The molecule has 1 heterocycles. The Morgan fingerprint density at radius 3 is 2.63 bits per heavy atom. The predicted molar refractivity (Wildman–Crippen MR) is 75.6 cm³/mol. The first kappa shape index (κ1) is 13.9. The molecular formula is C12H12ClN3O2S. The van der Waals surface area contributed by atoms with E-state index in [2.05, 4.69) is 10.4 Å². The molecule has 1 aromatic carbocycles. The van der Waals surface area contributed by atoms with Crippen LogP contribution in [0, 0.1) is 0 Å². The van der Waals surface area contributed by atoms with Gasteiger partial charge in [-0.2, -0.15) is 0 Å². The van der Waals surface area contributed by atoms with Crippen LogP contribution in [0.3, 0.4) is 0 Å². The molecule has 5 nitrogen and oxygen atoms in total. The van der Waals surface area contributed by atoms with E-state index in [1.54, 1.807) is 6.07 Å². The third-order valence-corrected chi connectivity index (χ3v) is 3.85. The molecule has 19 heavy (non-hydrogen) atoms. The van der Waals surface area contributed by atoms with Gasteiger partial charge in [0.05, 0.1) is 0 Å². The maximum atomic E-state index is 11.6. The highest BCUT2D eigenvalue weighted by molar-refractivity contribution is 8.14. The first-order chi connectivity index (χ1) is 8.99. The lowest BCUT2D eigenvalue weighted by atomic mass is 10.2. The molecule has 0 saturated heterocycles. The number of rotatable bonds is 1. The smallest absolute Gasteiger partial charge is 0.241 e. The molecule has 0 aromatic heterocycles. The van der Waals surface area contributed by atoms with Gasteiger partial charge in [-0.15, -0.1) is 5.10 Å². The maximum absolute atomic E-state index is 11.6. The molecule has 0 radical (unpaired) electrons. The monoisotopic (exact) mass is 297 g/mol. The zero-order valence-electron chi connectivity index (χ0n) is 10.4. The molecule has 7 heteroatoms. The largest absolute Gasteiger partial charge is 0.304 e. The van der Waals surface area contributed by atoms with Crippen LogP contribution in [0.2, 0.25) is 5.02 Å². The number of carbonyl (C=O) groups excluding carboxylic acids is 2. The van der Waals surface area contributed by atoms with Gasteiger partial charge < -0.3 is 5.32 Å². The zero-order valence-corrected chi connectivity index (χ0v) is 12.0. The van der Waals surface area contributed by atoms with Crippen molar-refractivity contribution in [3.05, 3.63) is 34.9 Å². The lowest BCUT2D eigenvalue weighted by Gasteiger charge is -2.19. The summed E-state index contributed by atoms with van der Waals surface area (Å²) >= 11 is 7.42. The van der Waals surface area contributed by atoms with Gasteiger partial charge in [0.2, 0.25) is 11.8 Å². The van der Waals surface area contributed by atoms with Crippen LogP contribution in [0.25, 0.3) is 0 Å². The number of nitrogens with zero attached hydrogens (tertiary/aromatic N) is 2. The summed E-state index contributed by atoms with van der Waals surface area (Å²) in [6.07, 6.45) is 0. The lowest BCUT2D eigenvalue weighted by Crippen LogP contribution is -2.25. The average Bonchev–Trinajstić information content (AvgIpc) is 2.72. The third-order valence-electron chi connectivity index (χ3n) is 2.42. The second-order valence-corrected chi connectivity index (χ2v) is 5.42. The predicted octanol–water partition coefficient (Wildman–Crippen LogP) is 2.34. The Morgan fingerprint density at radius 2 is 2.05 bits per heavy atom. The first-order valence-corrected chi connectivity index (χ1v) is 6.82. The maximum Gasteiger partial charge on any atom is 0.241 e. The molecule has 100 valence electrons. The van der Waals surface area contributed by atoms with Crippen molar-refractivity contribution < 1.29 is 9.59 Å². The van der Waals surface area contributed by atoms with Crippen LogP contribution >= 0.6 is 23.4 Å². The molecule has 1 aromatic rings. The molecule has 1 aliphatic rings. The third kappa shape index (κ3) is 3.08. The Labute approximate surface area is 120 Å². The van der Waals surface area contributed by atoms with E-state index in [-0.39, 0.29) is 17.2 Å². The summed E-state index contributed by atoms with van der Waals surface area (Å²) in [5, 5.41) is 8.60. The van der Waals surface area contributed by atoms with Gasteiger partial charge in [-0.25, -0.2) is 5.01 Å². The molecule has 0 bridgehead atoms. The Bertz CT molecular complexity index is 562. The highest BCUT2D eigenvalue weighted by Gasteiger charge is 2.33. The molecule has 2 amide bonds. The number of amides is 2. The molecule has 1 atom stereocenters.